The van der Waals surface area contributed by atoms with E-state index in [1.807, 2.05) is 6.08 Å². The second-order valence-corrected chi connectivity index (χ2v) is 4.26. The first-order valence-corrected chi connectivity index (χ1v) is 6.65. The van der Waals surface area contributed by atoms with Crippen LogP contribution in [-0.4, -0.2) is 36.9 Å². The van der Waals surface area contributed by atoms with E-state index in [4.69, 9.17) is 9.47 Å². The maximum absolute atomic E-state index is 11.1. The summed E-state index contributed by atoms with van der Waals surface area (Å²) < 4.78 is 9.58. The highest BCUT2D eigenvalue weighted by Crippen LogP contribution is 2.13. The van der Waals surface area contributed by atoms with Crippen LogP contribution in [0.25, 0.3) is 0 Å². The minimum absolute atomic E-state index is 0.0841. The zero-order valence-corrected chi connectivity index (χ0v) is 11.8. The molecule has 19 heavy (non-hydrogen) atoms. The minimum atomic E-state index is -0.308. The molecule has 5 heteroatoms. The Labute approximate surface area is 114 Å². The molecule has 0 fully saturated rings. The lowest BCUT2D eigenvalue weighted by Crippen LogP contribution is -2.08. The van der Waals surface area contributed by atoms with Crippen molar-refractivity contribution < 1.29 is 24.2 Å². The second-order valence-electron chi connectivity index (χ2n) is 4.26. The van der Waals surface area contributed by atoms with Crippen LogP contribution in [0.15, 0.2) is 12.2 Å². The molecule has 0 rings (SSSR count). The van der Waals surface area contributed by atoms with Crippen molar-refractivity contribution in [3.05, 3.63) is 12.2 Å². The van der Waals surface area contributed by atoms with E-state index in [0.29, 0.717) is 25.9 Å². The quantitative estimate of drug-likeness (QED) is 0.485. The van der Waals surface area contributed by atoms with Gasteiger partial charge in [0.15, 0.2) is 0 Å². The van der Waals surface area contributed by atoms with Crippen LogP contribution >= 0.6 is 0 Å². The minimum Gasteiger partial charge on any atom is -0.466 e. The molecule has 0 spiro atoms. The Bertz CT molecular complexity index is 286. The summed E-state index contributed by atoms with van der Waals surface area (Å²) in [6.45, 7) is 3.89. The van der Waals surface area contributed by atoms with Gasteiger partial charge in [0, 0.05) is 20.0 Å². The van der Waals surface area contributed by atoms with E-state index < -0.39 is 0 Å². The maximum Gasteiger partial charge on any atom is 0.305 e. The number of allylic oxidation sites excluding steroid dienone is 1. The van der Waals surface area contributed by atoms with E-state index in [1.54, 1.807) is 13.0 Å². The largest absolute Gasteiger partial charge is 0.466 e. The molecule has 0 radical (unpaired) electrons. The molecule has 0 aliphatic heterocycles. The SMILES string of the molecule is CCOC(=O)CCC[C@H](CO)C/C=C/COC(C)=O. The number of hydrogen-bond donors (Lipinski definition) is 1. The average Bonchev–Trinajstić information content (AvgIpc) is 2.36. The molecule has 1 atom stereocenters. The predicted octanol–water partition coefficient (Wildman–Crippen LogP) is 1.84. The van der Waals surface area contributed by atoms with Gasteiger partial charge in [-0.15, -0.1) is 0 Å². The van der Waals surface area contributed by atoms with Crippen LogP contribution in [0.5, 0.6) is 0 Å². The number of esters is 2. The number of aliphatic hydroxyl groups excluding tert-OH is 1. The lowest BCUT2D eigenvalue weighted by Gasteiger charge is -2.11. The third kappa shape index (κ3) is 11.5. The van der Waals surface area contributed by atoms with Gasteiger partial charge in [-0.05, 0) is 32.1 Å². The van der Waals surface area contributed by atoms with Crippen LogP contribution in [-0.2, 0) is 19.1 Å². The van der Waals surface area contributed by atoms with Gasteiger partial charge >= 0.3 is 11.9 Å². The Balaban J connectivity index is 3.70. The summed E-state index contributed by atoms with van der Waals surface area (Å²) >= 11 is 0. The smallest absolute Gasteiger partial charge is 0.305 e. The Morgan fingerprint density at radius 3 is 2.58 bits per heavy atom. The maximum atomic E-state index is 11.1. The lowest BCUT2D eigenvalue weighted by molar-refractivity contribution is -0.143. The van der Waals surface area contributed by atoms with Crippen molar-refractivity contribution in [3.8, 4) is 0 Å². The van der Waals surface area contributed by atoms with Crippen LogP contribution in [0.3, 0.4) is 0 Å². The lowest BCUT2D eigenvalue weighted by atomic mass is 9.99. The number of ether oxygens (including phenoxy) is 2. The summed E-state index contributed by atoms with van der Waals surface area (Å²) in [6.07, 6.45) is 6.22. The molecule has 0 aromatic heterocycles. The first-order chi connectivity index (χ1) is 9.10. The molecule has 0 unspecified atom stereocenters. The van der Waals surface area contributed by atoms with Crippen molar-refractivity contribution in [2.45, 2.75) is 39.5 Å². The van der Waals surface area contributed by atoms with Crippen molar-refractivity contribution >= 4 is 11.9 Å². The third-order valence-electron chi connectivity index (χ3n) is 2.58. The highest BCUT2D eigenvalue weighted by Gasteiger charge is 2.08. The van der Waals surface area contributed by atoms with Crippen molar-refractivity contribution in [3.63, 3.8) is 0 Å². The summed E-state index contributed by atoms with van der Waals surface area (Å²) in [6, 6.07) is 0. The molecule has 0 heterocycles. The molecule has 0 aliphatic carbocycles. The monoisotopic (exact) mass is 272 g/mol. The van der Waals surface area contributed by atoms with Gasteiger partial charge < -0.3 is 14.6 Å². The van der Waals surface area contributed by atoms with Crippen molar-refractivity contribution in [1.29, 1.82) is 0 Å². The van der Waals surface area contributed by atoms with Gasteiger partial charge in [-0.25, -0.2) is 0 Å². The van der Waals surface area contributed by atoms with Crippen molar-refractivity contribution in [2.24, 2.45) is 5.92 Å². The van der Waals surface area contributed by atoms with Gasteiger partial charge in [0.05, 0.1) is 6.61 Å². The van der Waals surface area contributed by atoms with Crippen molar-refractivity contribution in [2.75, 3.05) is 19.8 Å². The Morgan fingerprint density at radius 1 is 1.26 bits per heavy atom. The Hall–Kier alpha value is -1.36. The standard InChI is InChI=1S/C14H24O5/c1-3-18-14(17)9-6-8-13(11-15)7-4-5-10-19-12(2)16/h4-5,13,15H,3,6-11H2,1-2H3/b5-4+/t13-/m1/s1. The second kappa shape index (κ2) is 11.7. The van der Waals surface area contributed by atoms with E-state index in [0.717, 1.165) is 6.42 Å². The van der Waals surface area contributed by atoms with Gasteiger partial charge in [-0.2, -0.15) is 0 Å². The van der Waals surface area contributed by atoms with Crippen molar-refractivity contribution in [1.82, 2.24) is 0 Å². The summed E-state index contributed by atoms with van der Waals surface area (Å²) in [7, 11) is 0. The number of aliphatic hydroxyl groups is 1. The molecule has 110 valence electrons. The van der Waals surface area contributed by atoms with Gasteiger partial charge in [0.1, 0.15) is 6.61 Å². The van der Waals surface area contributed by atoms with Gasteiger partial charge in [0.25, 0.3) is 0 Å². The fourth-order valence-electron chi connectivity index (χ4n) is 1.57. The van der Waals surface area contributed by atoms with E-state index in [1.165, 1.54) is 6.92 Å². The molecule has 0 bridgehead atoms. The fraction of sp³-hybridized carbons (Fsp3) is 0.714. The normalized spacial score (nSPS) is 12.4. The molecule has 0 saturated carbocycles. The first-order valence-electron chi connectivity index (χ1n) is 6.65. The summed E-state index contributed by atoms with van der Waals surface area (Å²) in [4.78, 5) is 21.6. The van der Waals surface area contributed by atoms with E-state index in [9.17, 15) is 14.7 Å². The number of hydrogen-bond acceptors (Lipinski definition) is 5. The summed E-state index contributed by atoms with van der Waals surface area (Å²) in [5, 5.41) is 9.20. The number of carbonyl (C=O) groups excluding carboxylic acids is 2. The van der Waals surface area contributed by atoms with Crippen LogP contribution < -0.4 is 0 Å². The molecule has 1 N–H and O–H groups in total. The molecule has 0 saturated heterocycles. The topological polar surface area (TPSA) is 72.8 Å². The number of carbonyl (C=O) groups is 2. The predicted molar refractivity (Wildman–Crippen MR) is 71.4 cm³/mol. The van der Waals surface area contributed by atoms with Crippen LogP contribution in [0.4, 0.5) is 0 Å². The number of rotatable bonds is 10. The van der Waals surface area contributed by atoms with E-state index in [-0.39, 0.29) is 31.1 Å². The zero-order chi connectivity index (χ0) is 14.5. The zero-order valence-electron chi connectivity index (χ0n) is 11.8. The molecular formula is C14H24O5. The van der Waals surface area contributed by atoms with Gasteiger partial charge in [0.2, 0.25) is 0 Å². The molecular weight excluding hydrogens is 248 g/mol. The third-order valence-corrected chi connectivity index (χ3v) is 2.58. The first kappa shape index (κ1) is 17.6. The van der Waals surface area contributed by atoms with E-state index >= 15 is 0 Å². The average molecular weight is 272 g/mol. The summed E-state index contributed by atoms with van der Waals surface area (Å²) in [5.74, 6) is -0.370. The Morgan fingerprint density at radius 2 is 2.00 bits per heavy atom. The van der Waals surface area contributed by atoms with Crippen LogP contribution in [0.1, 0.15) is 39.5 Å². The van der Waals surface area contributed by atoms with Gasteiger partial charge in [-0.3, -0.25) is 9.59 Å². The summed E-state index contributed by atoms with van der Waals surface area (Å²) in [5.41, 5.74) is 0. The highest BCUT2D eigenvalue weighted by atomic mass is 16.5. The fourth-order valence-corrected chi connectivity index (χ4v) is 1.57. The molecule has 0 aromatic carbocycles. The Kier molecular flexibility index (Phi) is 10.9. The highest BCUT2D eigenvalue weighted by molar-refractivity contribution is 5.69. The molecule has 0 aliphatic rings. The molecule has 5 nitrogen and oxygen atoms in total. The van der Waals surface area contributed by atoms with Crippen LogP contribution in [0, 0.1) is 5.92 Å². The van der Waals surface area contributed by atoms with E-state index in [2.05, 4.69) is 0 Å². The molecule has 0 aromatic rings. The van der Waals surface area contributed by atoms with Crippen LogP contribution in [0.2, 0.25) is 0 Å². The molecule has 0 amide bonds. The van der Waals surface area contributed by atoms with Gasteiger partial charge in [-0.1, -0.05) is 12.2 Å².